The Morgan fingerprint density at radius 1 is 1.20 bits per heavy atom. The minimum absolute atomic E-state index is 0.328. The molecule has 0 saturated heterocycles. The predicted octanol–water partition coefficient (Wildman–Crippen LogP) is 2.18. The Morgan fingerprint density at radius 3 is 2.35 bits per heavy atom. The maximum absolute atomic E-state index is 11.9. The molecular formula is C16H26N2O2. The fourth-order valence-electron chi connectivity index (χ4n) is 2.09. The van der Waals surface area contributed by atoms with E-state index in [0.717, 1.165) is 31.5 Å². The van der Waals surface area contributed by atoms with Crippen molar-refractivity contribution in [2.24, 2.45) is 5.73 Å². The zero-order valence-electron chi connectivity index (χ0n) is 12.5. The maximum Gasteiger partial charge on any atom is 0.324 e. The van der Waals surface area contributed by atoms with Crippen LogP contribution in [0.25, 0.3) is 0 Å². The number of hydrogen-bond donors (Lipinski definition) is 1. The highest BCUT2D eigenvalue weighted by Gasteiger charge is 2.16. The van der Waals surface area contributed by atoms with Gasteiger partial charge in [-0.1, -0.05) is 44.2 Å². The summed E-state index contributed by atoms with van der Waals surface area (Å²) in [5, 5.41) is 0. The second kappa shape index (κ2) is 9.50. The molecule has 1 rings (SSSR count). The zero-order chi connectivity index (χ0) is 14.8. The number of nitrogens with two attached hydrogens (primary N) is 1. The molecule has 20 heavy (non-hydrogen) atoms. The van der Waals surface area contributed by atoms with Gasteiger partial charge in [-0.25, -0.2) is 0 Å². The first kappa shape index (κ1) is 16.7. The molecule has 2 N–H and O–H groups in total. The van der Waals surface area contributed by atoms with E-state index in [2.05, 4.69) is 18.7 Å². The summed E-state index contributed by atoms with van der Waals surface area (Å²) in [7, 11) is 0. The van der Waals surface area contributed by atoms with E-state index in [1.807, 2.05) is 30.3 Å². The molecule has 0 radical (unpaired) electrons. The van der Waals surface area contributed by atoms with Crippen LogP contribution in [0.4, 0.5) is 0 Å². The second-order valence-corrected chi connectivity index (χ2v) is 5.01. The standard InChI is InChI=1S/C16H26N2O2/c1-3-10-18(11-4-2)13-20-16(19)15(17)12-14-8-6-5-7-9-14/h5-9,15H,3-4,10-13,17H2,1-2H3/t15-/m0/s1. The molecule has 1 aromatic rings. The maximum atomic E-state index is 11.9. The average Bonchev–Trinajstić information content (AvgIpc) is 2.46. The summed E-state index contributed by atoms with van der Waals surface area (Å²) in [6, 6.07) is 9.17. The minimum Gasteiger partial charge on any atom is -0.448 e. The first-order chi connectivity index (χ1) is 9.67. The summed E-state index contributed by atoms with van der Waals surface area (Å²) in [6.07, 6.45) is 2.61. The van der Waals surface area contributed by atoms with Crippen molar-refractivity contribution < 1.29 is 9.53 Å². The molecular weight excluding hydrogens is 252 g/mol. The van der Waals surface area contributed by atoms with Crippen LogP contribution < -0.4 is 5.73 Å². The molecule has 1 atom stereocenters. The molecule has 0 amide bonds. The third-order valence-corrected chi connectivity index (χ3v) is 3.07. The highest BCUT2D eigenvalue weighted by atomic mass is 16.5. The third kappa shape index (κ3) is 6.17. The number of carbonyl (C=O) groups is 1. The van der Waals surface area contributed by atoms with Gasteiger partial charge in [0.05, 0.1) is 0 Å². The summed E-state index contributed by atoms with van der Waals surface area (Å²) >= 11 is 0. The van der Waals surface area contributed by atoms with Gasteiger partial charge in [-0.15, -0.1) is 0 Å². The van der Waals surface area contributed by atoms with E-state index in [1.54, 1.807) is 0 Å². The van der Waals surface area contributed by atoms with Gasteiger partial charge < -0.3 is 10.5 Å². The number of benzene rings is 1. The third-order valence-electron chi connectivity index (χ3n) is 3.07. The number of esters is 1. The molecule has 0 aliphatic carbocycles. The highest BCUT2D eigenvalue weighted by Crippen LogP contribution is 2.03. The first-order valence-corrected chi connectivity index (χ1v) is 7.35. The minimum atomic E-state index is -0.595. The van der Waals surface area contributed by atoms with E-state index >= 15 is 0 Å². The first-order valence-electron chi connectivity index (χ1n) is 7.35. The monoisotopic (exact) mass is 278 g/mol. The molecule has 4 heteroatoms. The van der Waals surface area contributed by atoms with Crippen LogP contribution in [-0.4, -0.2) is 36.7 Å². The van der Waals surface area contributed by atoms with Gasteiger partial charge in [0.25, 0.3) is 0 Å². The Bertz CT molecular complexity index is 375. The van der Waals surface area contributed by atoms with Crippen LogP contribution in [0.2, 0.25) is 0 Å². The van der Waals surface area contributed by atoms with Crippen molar-refractivity contribution in [2.45, 2.75) is 39.2 Å². The lowest BCUT2D eigenvalue weighted by Crippen LogP contribution is -2.38. The van der Waals surface area contributed by atoms with Gasteiger partial charge in [0.15, 0.2) is 0 Å². The molecule has 4 nitrogen and oxygen atoms in total. The van der Waals surface area contributed by atoms with E-state index < -0.39 is 6.04 Å². The number of ether oxygens (including phenoxy) is 1. The summed E-state index contributed by atoms with van der Waals surface area (Å²) in [5.74, 6) is -0.328. The smallest absolute Gasteiger partial charge is 0.324 e. The lowest BCUT2D eigenvalue weighted by atomic mass is 10.1. The van der Waals surface area contributed by atoms with Crippen LogP contribution in [0, 0.1) is 0 Å². The molecule has 0 aliphatic rings. The number of hydrogen-bond acceptors (Lipinski definition) is 4. The van der Waals surface area contributed by atoms with E-state index in [4.69, 9.17) is 10.5 Å². The Labute approximate surface area is 121 Å². The summed E-state index contributed by atoms with van der Waals surface area (Å²) < 4.78 is 5.31. The van der Waals surface area contributed by atoms with Crippen molar-refractivity contribution in [3.8, 4) is 0 Å². The van der Waals surface area contributed by atoms with E-state index in [9.17, 15) is 4.79 Å². The molecule has 0 aliphatic heterocycles. The van der Waals surface area contributed by atoms with Gasteiger partial charge in [-0.3, -0.25) is 9.69 Å². The Hall–Kier alpha value is -1.39. The number of nitrogens with zero attached hydrogens (tertiary/aromatic N) is 1. The molecule has 0 fully saturated rings. The molecule has 0 bridgehead atoms. The van der Waals surface area contributed by atoms with Gasteiger partial charge in [0.1, 0.15) is 12.8 Å². The SMILES string of the molecule is CCCN(CCC)COC(=O)[C@@H](N)Cc1ccccc1. The van der Waals surface area contributed by atoms with Crippen molar-refractivity contribution in [1.82, 2.24) is 4.90 Å². The van der Waals surface area contributed by atoms with Gasteiger partial charge in [-0.05, 0) is 24.8 Å². The van der Waals surface area contributed by atoms with Crippen molar-refractivity contribution in [1.29, 1.82) is 0 Å². The molecule has 1 aromatic carbocycles. The summed E-state index contributed by atoms with van der Waals surface area (Å²) in [4.78, 5) is 14.0. The van der Waals surface area contributed by atoms with Crippen molar-refractivity contribution in [3.05, 3.63) is 35.9 Å². The normalized spacial score (nSPS) is 12.4. The van der Waals surface area contributed by atoms with Crippen molar-refractivity contribution in [3.63, 3.8) is 0 Å². The average molecular weight is 278 g/mol. The van der Waals surface area contributed by atoms with Gasteiger partial charge in [0.2, 0.25) is 0 Å². The van der Waals surface area contributed by atoms with Crippen LogP contribution in [0.15, 0.2) is 30.3 Å². The Kier molecular flexibility index (Phi) is 7.92. The van der Waals surface area contributed by atoms with Gasteiger partial charge in [-0.2, -0.15) is 0 Å². The predicted molar refractivity (Wildman–Crippen MR) is 81.2 cm³/mol. The molecule has 112 valence electrons. The van der Waals surface area contributed by atoms with Crippen molar-refractivity contribution in [2.75, 3.05) is 19.8 Å². The number of rotatable bonds is 9. The van der Waals surface area contributed by atoms with Gasteiger partial charge >= 0.3 is 5.97 Å². The summed E-state index contributed by atoms with van der Waals surface area (Å²) in [6.45, 7) is 6.45. The number of carbonyl (C=O) groups excluding carboxylic acids is 1. The Morgan fingerprint density at radius 2 is 1.80 bits per heavy atom. The topological polar surface area (TPSA) is 55.6 Å². The fraction of sp³-hybridized carbons (Fsp3) is 0.562. The Balaban J connectivity index is 2.37. The quantitative estimate of drug-likeness (QED) is 0.555. The fourth-order valence-corrected chi connectivity index (χ4v) is 2.09. The zero-order valence-corrected chi connectivity index (χ0v) is 12.5. The molecule has 0 spiro atoms. The van der Waals surface area contributed by atoms with E-state index in [0.29, 0.717) is 13.2 Å². The molecule has 0 saturated carbocycles. The van der Waals surface area contributed by atoms with Crippen LogP contribution in [0.5, 0.6) is 0 Å². The molecule has 0 unspecified atom stereocenters. The van der Waals surface area contributed by atoms with Gasteiger partial charge in [0, 0.05) is 13.1 Å². The van der Waals surface area contributed by atoms with Crippen LogP contribution in [0.1, 0.15) is 32.3 Å². The van der Waals surface area contributed by atoms with E-state index in [1.165, 1.54) is 0 Å². The lowest BCUT2D eigenvalue weighted by molar-refractivity contribution is -0.150. The van der Waals surface area contributed by atoms with Crippen LogP contribution >= 0.6 is 0 Å². The molecule has 0 aromatic heterocycles. The van der Waals surface area contributed by atoms with Crippen LogP contribution in [0.3, 0.4) is 0 Å². The highest BCUT2D eigenvalue weighted by molar-refractivity contribution is 5.75. The lowest BCUT2D eigenvalue weighted by Gasteiger charge is -2.21. The van der Waals surface area contributed by atoms with Crippen LogP contribution in [-0.2, 0) is 16.0 Å². The largest absolute Gasteiger partial charge is 0.448 e. The van der Waals surface area contributed by atoms with E-state index in [-0.39, 0.29) is 5.97 Å². The second-order valence-electron chi connectivity index (χ2n) is 5.01. The molecule has 0 heterocycles. The van der Waals surface area contributed by atoms with Crippen molar-refractivity contribution >= 4 is 5.97 Å². The summed E-state index contributed by atoms with van der Waals surface area (Å²) in [5.41, 5.74) is 6.94.